The Bertz CT molecular complexity index is 1780. The molecule has 2 aliphatic rings. The largest absolute Gasteiger partial charge is 0.462 e. The van der Waals surface area contributed by atoms with E-state index in [4.69, 9.17) is 14.9 Å². The van der Waals surface area contributed by atoms with Crippen LogP contribution in [0.1, 0.15) is 78.5 Å². The molecule has 0 aliphatic heterocycles. The minimum atomic E-state index is -0.350. The Hall–Kier alpha value is -4.53. The summed E-state index contributed by atoms with van der Waals surface area (Å²) in [6.45, 7) is 6.72. The number of esters is 1. The van der Waals surface area contributed by atoms with E-state index in [0.29, 0.717) is 12.2 Å². The van der Waals surface area contributed by atoms with E-state index in [9.17, 15) is 4.79 Å². The Morgan fingerprint density at radius 2 is 1.71 bits per heavy atom. The van der Waals surface area contributed by atoms with E-state index < -0.39 is 0 Å². The molecule has 3 aromatic heterocycles. The second-order valence-electron chi connectivity index (χ2n) is 11.8. The Morgan fingerprint density at radius 3 is 2.39 bits per heavy atom. The summed E-state index contributed by atoms with van der Waals surface area (Å²) in [6, 6.07) is 16.8. The summed E-state index contributed by atoms with van der Waals surface area (Å²) in [7, 11) is 1.86. The molecule has 3 heterocycles. The van der Waals surface area contributed by atoms with Gasteiger partial charge in [-0.25, -0.2) is 14.2 Å². The van der Waals surface area contributed by atoms with Crippen molar-refractivity contribution in [2.75, 3.05) is 6.61 Å². The molecular formula is C32H33N7O2. The van der Waals surface area contributed by atoms with Gasteiger partial charge in [0, 0.05) is 30.5 Å². The van der Waals surface area contributed by atoms with E-state index in [2.05, 4.69) is 65.2 Å². The van der Waals surface area contributed by atoms with Gasteiger partial charge in [-0.05, 0) is 67.1 Å². The molecule has 0 radical (unpaired) electrons. The first-order valence-electron chi connectivity index (χ1n) is 14.2. The highest BCUT2D eigenvalue weighted by Gasteiger charge is 2.46. The van der Waals surface area contributed by atoms with Crippen LogP contribution in [0.2, 0.25) is 0 Å². The molecule has 9 nitrogen and oxygen atoms in total. The number of benzene rings is 2. The average molecular weight is 548 g/mol. The fraction of sp³-hybridized carbons (Fsp3) is 0.344. The summed E-state index contributed by atoms with van der Waals surface area (Å²) < 4.78 is 11.1. The van der Waals surface area contributed by atoms with Gasteiger partial charge in [0.2, 0.25) is 0 Å². The van der Waals surface area contributed by atoms with Crippen molar-refractivity contribution in [1.82, 2.24) is 34.6 Å². The number of aryl methyl sites for hydroxylation is 2. The van der Waals surface area contributed by atoms with Crippen LogP contribution in [0.15, 0.2) is 67.1 Å². The number of hydrogen-bond acceptors (Lipinski definition) is 6. The Labute approximate surface area is 238 Å². The fourth-order valence-electron chi connectivity index (χ4n) is 6.33. The topological polar surface area (TPSA) is 92.7 Å². The highest BCUT2D eigenvalue weighted by molar-refractivity contribution is 5.91. The third-order valence-corrected chi connectivity index (χ3v) is 8.46. The van der Waals surface area contributed by atoms with Gasteiger partial charge in [-0.15, -0.1) is 5.10 Å². The monoisotopic (exact) mass is 547 g/mol. The number of ether oxygens (including phenoxy) is 1. The second-order valence-corrected chi connectivity index (χ2v) is 11.8. The van der Waals surface area contributed by atoms with Crippen molar-refractivity contribution >= 4 is 5.97 Å². The molecule has 0 saturated heterocycles. The van der Waals surface area contributed by atoms with Crippen LogP contribution in [-0.2, 0) is 23.6 Å². The number of nitrogens with zero attached hydrogens (tertiary/aromatic N) is 7. The van der Waals surface area contributed by atoms with E-state index >= 15 is 0 Å². The Morgan fingerprint density at radius 1 is 1.00 bits per heavy atom. The lowest BCUT2D eigenvalue weighted by Gasteiger charge is -2.21. The molecule has 7 rings (SSSR count). The highest BCUT2D eigenvalue weighted by atomic mass is 16.5. The predicted octanol–water partition coefficient (Wildman–Crippen LogP) is 5.53. The normalized spacial score (nSPS) is 18.8. The lowest BCUT2D eigenvalue weighted by atomic mass is 9.90. The molecule has 1 fully saturated rings. The average Bonchev–Trinajstić information content (AvgIpc) is 3.33. The van der Waals surface area contributed by atoms with Crippen LogP contribution in [0, 0.1) is 0 Å². The number of carbonyl (C=O) groups excluding carboxylic acids is 1. The van der Waals surface area contributed by atoms with Crippen LogP contribution in [0.4, 0.5) is 0 Å². The van der Waals surface area contributed by atoms with Crippen molar-refractivity contribution in [3.8, 4) is 22.5 Å². The summed E-state index contributed by atoms with van der Waals surface area (Å²) in [5.74, 6) is -0.0600. The summed E-state index contributed by atoms with van der Waals surface area (Å²) >= 11 is 0. The molecule has 0 unspecified atom stereocenters. The highest BCUT2D eigenvalue weighted by Crippen LogP contribution is 2.55. The predicted molar refractivity (Wildman–Crippen MR) is 155 cm³/mol. The van der Waals surface area contributed by atoms with Crippen LogP contribution >= 0.6 is 0 Å². The van der Waals surface area contributed by atoms with Gasteiger partial charge in [0.25, 0.3) is 0 Å². The molecule has 0 spiro atoms. The van der Waals surface area contributed by atoms with Gasteiger partial charge in [-0.1, -0.05) is 43.3 Å². The molecule has 5 aromatic rings. The van der Waals surface area contributed by atoms with Gasteiger partial charge in [0.15, 0.2) is 0 Å². The second kappa shape index (κ2) is 9.54. The molecule has 0 bridgehead atoms. The van der Waals surface area contributed by atoms with E-state index in [0.717, 1.165) is 53.2 Å². The summed E-state index contributed by atoms with van der Waals surface area (Å²) in [4.78, 5) is 12.9. The molecule has 2 atom stereocenters. The zero-order valence-electron chi connectivity index (χ0n) is 23.8. The van der Waals surface area contributed by atoms with Crippen molar-refractivity contribution in [2.45, 2.75) is 57.3 Å². The third-order valence-electron chi connectivity index (χ3n) is 8.46. The van der Waals surface area contributed by atoms with Gasteiger partial charge < -0.3 is 4.74 Å². The van der Waals surface area contributed by atoms with Crippen LogP contribution < -0.4 is 0 Å². The fourth-order valence-corrected chi connectivity index (χ4v) is 6.33. The first kappa shape index (κ1) is 25.4. The van der Waals surface area contributed by atoms with E-state index in [-0.39, 0.29) is 23.2 Å². The molecule has 2 aromatic carbocycles. The van der Waals surface area contributed by atoms with Gasteiger partial charge in [-0.2, -0.15) is 10.2 Å². The molecule has 208 valence electrons. The van der Waals surface area contributed by atoms with Crippen LogP contribution in [0.25, 0.3) is 22.5 Å². The van der Waals surface area contributed by atoms with E-state index in [1.165, 1.54) is 11.3 Å². The smallest absolute Gasteiger partial charge is 0.341 e. The van der Waals surface area contributed by atoms with Crippen LogP contribution in [0.5, 0.6) is 0 Å². The van der Waals surface area contributed by atoms with Gasteiger partial charge in [0.05, 0.1) is 47.5 Å². The SMILES string of the molecule is CCOC(=O)c1cnn(-c2cccc(-c3cccc(-n4ncc5c4C(C)(C)CC5)c3)c2)c1[C@@H]1C[C@H]1c1cn(C)nn1. The maximum atomic E-state index is 12.9. The Kier molecular flexibility index (Phi) is 5.92. The van der Waals surface area contributed by atoms with Crippen LogP contribution in [-0.4, -0.2) is 47.1 Å². The summed E-state index contributed by atoms with van der Waals surface area (Å²) in [5, 5.41) is 17.9. The number of carbonyl (C=O) groups is 1. The zero-order chi connectivity index (χ0) is 28.3. The molecule has 0 N–H and O–H groups in total. The maximum absolute atomic E-state index is 12.9. The molecular weight excluding hydrogens is 514 g/mol. The number of aromatic nitrogens is 7. The lowest BCUT2D eigenvalue weighted by molar-refractivity contribution is 0.0525. The minimum Gasteiger partial charge on any atom is -0.462 e. The maximum Gasteiger partial charge on any atom is 0.341 e. The molecule has 1 saturated carbocycles. The minimum absolute atomic E-state index is 0.0981. The van der Waals surface area contributed by atoms with Gasteiger partial charge in [0.1, 0.15) is 5.56 Å². The van der Waals surface area contributed by atoms with E-state index in [1.807, 2.05) is 43.2 Å². The van der Waals surface area contributed by atoms with Crippen molar-refractivity contribution < 1.29 is 9.53 Å². The van der Waals surface area contributed by atoms with Gasteiger partial charge >= 0.3 is 5.97 Å². The quantitative estimate of drug-likeness (QED) is 0.249. The van der Waals surface area contributed by atoms with Crippen molar-refractivity contribution in [3.63, 3.8) is 0 Å². The standard InChI is InChI=1S/C32H33N7O2/c1-5-41-31(40)27-18-34-38(29(27)26-16-25(26)28-19-37(4)36-35-28)23-10-6-8-20(14-23)21-9-7-11-24(15-21)39-30-22(17-33-39)12-13-32(30,2)3/h6-11,14-15,17-19,25-26H,5,12-13,16H2,1-4H3/t25-,26-/m1/s1. The summed E-state index contributed by atoms with van der Waals surface area (Å²) in [6.07, 6.45) is 8.68. The lowest BCUT2D eigenvalue weighted by Crippen LogP contribution is -2.18. The van der Waals surface area contributed by atoms with Crippen LogP contribution in [0.3, 0.4) is 0 Å². The first-order valence-corrected chi connectivity index (χ1v) is 14.2. The molecule has 2 aliphatic carbocycles. The molecule has 0 amide bonds. The number of fused-ring (bicyclic) bond motifs is 1. The summed E-state index contributed by atoms with van der Waals surface area (Å²) in [5.41, 5.74) is 9.14. The number of rotatable bonds is 7. The Balaban J connectivity index is 1.26. The van der Waals surface area contributed by atoms with Gasteiger partial charge in [-0.3, -0.25) is 4.68 Å². The zero-order valence-corrected chi connectivity index (χ0v) is 23.8. The van der Waals surface area contributed by atoms with E-state index in [1.54, 1.807) is 10.9 Å². The molecule has 41 heavy (non-hydrogen) atoms. The number of hydrogen-bond donors (Lipinski definition) is 0. The molecule has 9 heteroatoms. The first-order chi connectivity index (χ1) is 19.8. The third kappa shape index (κ3) is 4.36. The van der Waals surface area contributed by atoms with Crippen molar-refractivity contribution in [2.24, 2.45) is 7.05 Å². The van der Waals surface area contributed by atoms with Crippen molar-refractivity contribution in [3.05, 3.63) is 95.3 Å². The van der Waals surface area contributed by atoms with Crippen molar-refractivity contribution in [1.29, 1.82) is 0 Å².